The summed E-state index contributed by atoms with van der Waals surface area (Å²) in [6.07, 6.45) is 1.93. The van der Waals surface area contributed by atoms with Crippen molar-refractivity contribution in [2.75, 3.05) is 0 Å². The summed E-state index contributed by atoms with van der Waals surface area (Å²) in [5.41, 5.74) is 7.76. The molecule has 194 valence electrons. The number of benzene rings is 3. The Hall–Kier alpha value is -4.44. The lowest BCUT2D eigenvalue weighted by atomic mass is 9.78. The highest BCUT2D eigenvalue weighted by Crippen LogP contribution is 2.37. The van der Waals surface area contributed by atoms with Gasteiger partial charge in [0.05, 0.1) is 22.6 Å². The molecule has 4 heteroatoms. The lowest BCUT2D eigenvalue weighted by Crippen LogP contribution is -2.22. The zero-order valence-electron chi connectivity index (χ0n) is 23.1. The van der Waals surface area contributed by atoms with Gasteiger partial charge in [-0.25, -0.2) is 4.98 Å². The van der Waals surface area contributed by atoms with Gasteiger partial charge >= 0.3 is 0 Å². The summed E-state index contributed by atoms with van der Waals surface area (Å²) < 4.78 is 2.05. The van der Waals surface area contributed by atoms with Crippen LogP contribution in [-0.2, 0) is 10.8 Å². The normalized spacial score (nSPS) is 12.3. The van der Waals surface area contributed by atoms with E-state index in [1.54, 1.807) is 6.07 Å². The van der Waals surface area contributed by atoms with Crippen molar-refractivity contribution in [2.24, 2.45) is 0 Å². The van der Waals surface area contributed by atoms with Crippen LogP contribution >= 0.6 is 0 Å². The van der Waals surface area contributed by atoms with Crippen LogP contribution in [0.2, 0.25) is 0 Å². The van der Waals surface area contributed by atoms with E-state index in [1.807, 2.05) is 36.5 Å². The molecule has 1 N–H and O–H groups in total. The SMILES string of the molecule is CC(C)(C)c1ccnc(C(C)(C)c2cccc(-c3ccc4c5ccccc5n(-c5ccccc5O)c4n3)c2)c1. The lowest BCUT2D eigenvalue weighted by Gasteiger charge is -2.28. The van der Waals surface area contributed by atoms with Crippen molar-refractivity contribution in [3.8, 4) is 22.7 Å². The molecule has 0 fully saturated rings. The van der Waals surface area contributed by atoms with E-state index in [-0.39, 0.29) is 16.6 Å². The van der Waals surface area contributed by atoms with Gasteiger partial charge in [-0.05, 0) is 65.1 Å². The Balaban J connectivity index is 1.50. The Kier molecular flexibility index (Phi) is 5.80. The quantitative estimate of drug-likeness (QED) is 0.258. The fraction of sp³-hybridized carbons (Fsp3) is 0.200. The molecule has 3 aromatic heterocycles. The second kappa shape index (κ2) is 9.09. The maximum Gasteiger partial charge on any atom is 0.146 e. The number of nitrogens with zero attached hydrogens (tertiary/aromatic N) is 3. The van der Waals surface area contributed by atoms with Crippen molar-refractivity contribution in [3.05, 3.63) is 120 Å². The van der Waals surface area contributed by atoms with Gasteiger partial charge in [-0.3, -0.25) is 9.55 Å². The molecule has 6 aromatic rings. The number of hydrogen-bond donors (Lipinski definition) is 1. The molecule has 0 atom stereocenters. The Morgan fingerprint density at radius 1 is 0.692 bits per heavy atom. The van der Waals surface area contributed by atoms with Gasteiger partial charge in [-0.1, -0.05) is 83.1 Å². The molecule has 6 rings (SSSR count). The summed E-state index contributed by atoms with van der Waals surface area (Å²) in [4.78, 5) is 9.96. The first-order valence-electron chi connectivity index (χ1n) is 13.4. The molecule has 0 aliphatic rings. The summed E-state index contributed by atoms with van der Waals surface area (Å²) >= 11 is 0. The second-order valence-corrected chi connectivity index (χ2v) is 11.8. The van der Waals surface area contributed by atoms with Gasteiger partial charge in [0.25, 0.3) is 0 Å². The van der Waals surface area contributed by atoms with Gasteiger partial charge in [-0.2, -0.15) is 0 Å². The maximum absolute atomic E-state index is 10.7. The molecule has 4 nitrogen and oxygen atoms in total. The number of fused-ring (bicyclic) bond motifs is 3. The monoisotopic (exact) mass is 511 g/mol. The molecule has 0 unspecified atom stereocenters. The number of aromatic hydroxyl groups is 1. The molecule has 0 aliphatic heterocycles. The van der Waals surface area contributed by atoms with Crippen molar-refractivity contribution >= 4 is 21.9 Å². The van der Waals surface area contributed by atoms with E-state index in [1.165, 1.54) is 11.1 Å². The Labute approximate surface area is 229 Å². The fourth-order valence-corrected chi connectivity index (χ4v) is 5.35. The van der Waals surface area contributed by atoms with Crippen LogP contribution in [0, 0.1) is 0 Å². The first-order chi connectivity index (χ1) is 18.6. The van der Waals surface area contributed by atoms with Crippen molar-refractivity contribution in [3.63, 3.8) is 0 Å². The molecule has 3 heterocycles. The number of rotatable bonds is 4. The topological polar surface area (TPSA) is 50.9 Å². The van der Waals surface area contributed by atoms with Crippen molar-refractivity contribution in [1.82, 2.24) is 14.5 Å². The predicted octanol–water partition coefficient (Wildman–Crippen LogP) is 8.57. The maximum atomic E-state index is 10.7. The first-order valence-corrected chi connectivity index (χ1v) is 13.4. The molecule has 0 bridgehead atoms. The average molecular weight is 512 g/mol. The summed E-state index contributed by atoms with van der Waals surface area (Å²) in [7, 11) is 0. The minimum absolute atomic E-state index is 0.0561. The first kappa shape index (κ1) is 24.9. The van der Waals surface area contributed by atoms with Crippen molar-refractivity contribution < 1.29 is 5.11 Å². The van der Waals surface area contributed by atoms with Gasteiger partial charge in [0.2, 0.25) is 0 Å². The minimum Gasteiger partial charge on any atom is -0.506 e. The fourth-order valence-electron chi connectivity index (χ4n) is 5.35. The van der Waals surface area contributed by atoms with Crippen molar-refractivity contribution in [1.29, 1.82) is 0 Å². The summed E-state index contributed by atoms with van der Waals surface area (Å²) in [5, 5.41) is 12.9. The highest BCUT2D eigenvalue weighted by atomic mass is 16.3. The molecule has 3 aromatic carbocycles. The number of phenols is 1. The molecule has 0 amide bonds. The molecule has 0 saturated carbocycles. The second-order valence-electron chi connectivity index (χ2n) is 11.8. The van der Waals surface area contributed by atoms with Crippen LogP contribution in [0.3, 0.4) is 0 Å². The van der Waals surface area contributed by atoms with Crippen molar-refractivity contribution in [2.45, 2.75) is 45.4 Å². The van der Waals surface area contributed by atoms with Gasteiger partial charge in [0.1, 0.15) is 11.4 Å². The highest BCUT2D eigenvalue weighted by Gasteiger charge is 2.27. The molecule has 0 spiro atoms. The van der Waals surface area contributed by atoms with E-state index in [2.05, 4.69) is 99.8 Å². The van der Waals surface area contributed by atoms with Gasteiger partial charge < -0.3 is 5.11 Å². The Bertz CT molecular complexity index is 1840. The van der Waals surface area contributed by atoms with E-state index in [0.717, 1.165) is 38.9 Å². The van der Waals surface area contributed by atoms with E-state index >= 15 is 0 Å². The minimum atomic E-state index is -0.286. The average Bonchev–Trinajstić information content (AvgIpc) is 3.26. The van der Waals surface area contributed by atoms with Crippen LogP contribution in [0.5, 0.6) is 5.75 Å². The number of hydrogen-bond acceptors (Lipinski definition) is 3. The molecule has 0 radical (unpaired) electrons. The lowest BCUT2D eigenvalue weighted by molar-refractivity contribution is 0.473. The van der Waals surface area contributed by atoms with Crippen LogP contribution in [-0.4, -0.2) is 19.6 Å². The van der Waals surface area contributed by atoms with Gasteiger partial charge in [0, 0.05) is 27.9 Å². The zero-order valence-corrected chi connectivity index (χ0v) is 23.1. The standard InChI is InChI=1S/C35H33N3O/c1-34(2,3)24-19-20-36-32(22-24)35(4,5)25-12-10-11-23(21-25)28-18-17-27-26-13-6-7-14-29(26)38(33(27)37-28)30-15-8-9-16-31(30)39/h6-22,39H,1-5H3. The van der Waals surface area contributed by atoms with E-state index < -0.39 is 0 Å². The largest absolute Gasteiger partial charge is 0.506 e. The van der Waals surface area contributed by atoms with Crippen LogP contribution in [0.15, 0.2) is 103 Å². The molecule has 0 aliphatic carbocycles. The van der Waals surface area contributed by atoms with Gasteiger partial charge in [-0.15, -0.1) is 0 Å². The number of para-hydroxylation sites is 3. The number of phenolic OH excluding ortho intramolecular Hbond substituents is 1. The Morgan fingerprint density at radius 3 is 2.26 bits per heavy atom. The molecule has 0 saturated heterocycles. The third-order valence-electron chi connectivity index (χ3n) is 7.79. The molecular formula is C35H33N3O. The number of pyridine rings is 2. The summed E-state index contributed by atoms with van der Waals surface area (Å²) in [5.74, 6) is 0.223. The Morgan fingerprint density at radius 2 is 1.46 bits per heavy atom. The molecule has 39 heavy (non-hydrogen) atoms. The predicted molar refractivity (Wildman–Crippen MR) is 161 cm³/mol. The summed E-state index contributed by atoms with van der Waals surface area (Å²) in [6.45, 7) is 11.2. The van der Waals surface area contributed by atoms with Gasteiger partial charge in [0.15, 0.2) is 0 Å². The van der Waals surface area contributed by atoms with Crippen LogP contribution in [0.1, 0.15) is 51.4 Å². The highest BCUT2D eigenvalue weighted by molar-refractivity contribution is 6.08. The summed E-state index contributed by atoms with van der Waals surface area (Å²) in [6, 6.07) is 32.9. The smallest absolute Gasteiger partial charge is 0.146 e. The van der Waals surface area contributed by atoms with Crippen LogP contribution in [0.25, 0.3) is 38.9 Å². The van der Waals surface area contributed by atoms with E-state index in [4.69, 9.17) is 9.97 Å². The number of aromatic nitrogens is 3. The van der Waals surface area contributed by atoms with E-state index in [9.17, 15) is 5.11 Å². The molecular weight excluding hydrogens is 478 g/mol. The van der Waals surface area contributed by atoms with E-state index in [0.29, 0.717) is 5.69 Å². The van der Waals surface area contributed by atoms with Crippen LogP contribution < -0.4 is 0 Å². The van der Waals surface area contributed by atoms with Crippen LogP contribution in [0.4, 0.5) is 0 Å². The zero-order chi connectivity index (χ0) is 27.4. The third-order valence-corrected chi connectivity index (χ3v) is 7.79. The third kappa shape index (κ3) is 4.26.